The van der Waals surface area contributed by atoms with E-state index in [0.29, 0.717) is 30.0 Å². The van der Waals surface area contributed by atoms with E-state index in [1.54, 1.807) is 0 Å². The Kier molecular flexibility index (Phi) is 3.96. The van der Waals surface area contributed by atoms with Gasteiger partial charge < -0.3 is 5.11 Å². The summed E-state index contributed by atoms with van der Waals surface area (Å²) in [6.07, 6.45) is 8.01. The summed E-state index contributed by atoms with van der Waals surface area (Å²) < 4.78 is 0. The van der Waals surface area contributed by atoms with Crippen molar-refractivity contribution in [3.05, 3.63) is 11.6 Å². The van der Waals surface area contributed by atoms with Crippen molar-refractivity contribution in [3.8, 4) is 0 Å². The van der Waals surface area contributed by atoms with Crippen molar-refractivity contribution in [1.82, 2.24) is 0 Å². The van der Waals surface area contributed by atoms with Crippen LogP contribution in [0.15, 0.2) is 11.6 Å². The smallest absolute Gasteiger partial charge is 0.155 e. The van der Waals surface area contributed by atoms with Gasteiger partial charge in [-0.05, 0) is 62.4 Å². The van der Waals surface area contributed by atoms with Crippen molar-refractivity contribution < 1.29 is 14.7 Å². The fourth-order valence-corrected chi connectivity index (χ4v) is 7.08. The lowest BCUT2D eigenvalue weighted by Gasteiger charge is -2.59. The van der Waals surface area contributed by atoms with Crippen molar-refractivity contribution in [2.45, 2.75) is 64.4 Å². The summed E-state index contributed by atoms with van der Waals surface area (Å²) in [6, 6.07) is 0. The van der Waals surface area contributed by atoms with Crippen molar-refractivity contribution in [2.24, 2.45) is 28.6 Å². The first-order valence-corrected chi connectivity index (χ1v) is 9.98. The van der Waals surface area contributed by atoms with Crippen LogP contribution in [0.25, 0.3) is 0 Å². The van der Waals surface area contributed by atoms with Gasteiger partial charge in [0.05, 0.1) is 6.10 Å². The summed E-state index contributed by atoms with van der Waals surface area (Å²) in [6.45, 7) is 2.17. The van der Waals surface area contributed by atoms with Crippen LogP contribution in [0.5, 0.6) is 0 Å². The second kappa shape index (κ2) is 5.67. The van der Waals surface area contributed by atoms with Crippen LogP contribution < -0.4 is 0 Å². The second-order valence-corrected chi connectivity index (χ2v) is 8.99. The third kappa shape index (κ3) is 2.07. The predicted octanol–water partition coefficient (Wildman–Crippen LogP) is 3.67. The molecular formula is C20H27ClO3. The summed E-state index contributed by atoms with van der Waals surface area (Å²) in [4.78, 5) is 24.4. The number of Topliss-reactive ketones (excluding diaryl/α,β-unsaturated/α-hetero) is 1. The molecule has 3 nitrogen and oxygen atoms in total. The van der Waals surface area contributed by atoms with Gasteiger partial charge in [-0.2, -0.15) is 0 Å². The van der Waals surface area contributed by atoms with Gasteiger partial charge >= 0.3 is 0 Å². The average molecular weight is 351 g/mol. The average Bonchev–Trinajstić information content (AvgIpc) is 2.89. The number of ketones is 2. The molecule has 3 saturated carbocycles. The molecule has 1 N–H and O–H groups in total. The number of fused-ring (bicyclic) bond motifs is 5. The van der Waals surface area contributed by atoms with E-state index < -0.39 is 6.10 Å². The highest BCUT2D eigenvalue weighted by Gasteiger charge is 2.61. The SMILES string of the molecule is C[C@]12CC[C@H]3[C@@H](CCC4=CC(=O)CC[C@@]43C(O)CCl)[C@@H]1CCC2=O. The molecule has 0 amide bonds. The number of hydrogen-bond acceptors (Lipinski definition) is 3. The minimum atomic E-state index is -0.590. The summed E-state index contributed by atoms with van der Waals surface area (Å²) >= 11 is 6.11. The van der Waals surface area contributed by atoms with Crippen LogP contribution in [0.4, 0.5) is 0 Å². The largest absolute Gasteiger partial charge is 0.391 e. The van der Waals surface area contributed by atoms with E-state index in [0.717, 1.165) is 50.5 Å². The summed E-state index contributed by atoms with van der Waals surface area (Å²) in [7, 11) is 0. The van der Waals surface area contributed by atoms with E-state index in [4.69, 9.17) is 11.6 Å². The topological polar surface area (TPSA) is 54.4 Å². The Labute approximate surface area is 148 Å². The van der Waals surface area contributed by atoms with Crippen molar-refractivity contribution in [2.75, 3.05) is 5.88 Å². The molecule has 3 fully saturated rings. The summed E-state index contributed by atoms with van der Waals surface area (Å²) in [5, 5.41) is 10.9. The van der Waals surface area contributed by atoms with Gasteiger partial charge in [-0.15, -0.1) is 11.6 Å². The highest BCUT2D eigenvalue weighted by atomic mass is 35.5. The van der Waals surface area contributed by atoms with E-state index in [1.807, 2.05) is 6.08 Å². The third-order valence-electron chi connectivity index (χ3n) is 8.01. The molecule has 0 bridgehead atoms. The lowest BCUT2D eigenvalue weighted by Crippen LogP contribution is -2.56. The quantitative estimate of drug-likeness (QED) is 0.773. The molecule has 6 atom stereocenters. The molecular weight excluding hydrogens is 324 g/mol. The van der Waals surface area contributed by atoms with Crippen LogP contribution in [-0.4, -0.2) is 28.7 Å². The molecule has 24 heavy (non-hydrogen) atoms. The van der Waals surface area contributed by atoms with Crippen molar-refractivity contribution >= 4 is 23.2 Å². The number of aliphatic hydroxyl groups excluding tert-OH is 1. The Morgan fingerprint density at radius 2 is 1.96 bits per heavy atom. The molecule has 0 radical (unpaired) electrons. The number of hydrogen-bond donors (Lipinski definition) is 1. The van der Waals surface area contributed by atoms with Gasteiger partial charge in [0.25, 0.3) is 0 Å². The first-order chi connectivity index (χ1) is 11.4. The molecule has 132 valence electrons. The highest BCUT2D eigenvalue weighted by molar-refractivity contribution is 6.18. The molecule has 0 aromatic carbocycles. The summed E-state index contributed by atoms with van der Waals surface area (Å²) in [5.41, 5.74) is 0.659. The van der Waals surface area contributed by atoms with Crippen LogP contribution >= 0.6 is 11.6 Å². The van der Waals surface area contributed by atoms with Crippen molar-refractivity contribution in [1.29, 1.82) is 0 Å². The Bertz CT molecular complexity index is 612. The van der Waals surface area contributed by atoms with E-state index in [9.17, 15) is 14.7 Å². The second-order valence-electron chi connectivity index (χ2n) is 8.68. The van der Waals surface area contributed by atoms with E-state index in [1.165, 1.54) is 0 Å². The molecule has 0 saturated heterocycles. The molecule has 4 aliphatic carbocycles. The van der Waals surface area contributed by atoms with Gasteiger partial charge in [-0.3, -0.25) is 9.59 Å². The van der Waals surface area contributed by atoms with E-state index in [-0.39, 0.29) is 22.5 Å². The number of alkyl halides is 1. The number of halogens is 1. The predicted molar refractivity (Wildman–Crippen MR) is 92.8 cm³/mol. The zero-order chi connectivity index (χ0) is 17.1. The zero-order valence-corrected chi connectivity index (χ0v) is 15.1. The standard InChI is InChI=1S/C20H27ClO3/c1-19-8-7-16-14(15(19)4-5-17(19)23)3-2-12-10-13(22)6-9-20(12,16)18(24)11-21/h10,14-16,18,24H,2-9,11H2,1H3/t14-,15-,16-,18?,19-,20+/m0/s1. The molecule has 4 rings (SSSR count). The number of carbonyl (C=O) groups excluding carboxylic acids is 2. The molecule has 0 aromatic rings. The first-order valence-electron chi connectivity index (χ1n) is 9.44. The van der Waals surface area contributed by atoms with Gasteiger partial charge in [-0.1, -0.05) is 12.5 Å². The van der Waals surface area contributed by atoms with Gasteiger partial charge in [0.2, 0.25) is 0 Å². The van der Waals surface area contributed by atoms with E-state index >= 15 is 0 Å². The fourth-order valence-electron chi connectivity index (χ4n) is 6.81. The monoisotopic (exact) mass is 350 g/mol. The molecule has 4 aliphatic rings. The lowest BCUT2D eigenvalue weighted by atomic mass is 9.46. The number of rotatable bonds is 2. The molecule has 0 aromatic heterocycles. The molecule has 0 heterocycles. The van der Waals surface area contributed by atoms with Gasteiger partial charge in [0, 0.05) is 29.6 Å². The van der Waals surface area contributed by atoms with Gasteiger partial charge in [0.1, 0.15) is 5.78 Å². The normalized spacial score (nSPS) is 46.0. The lowest BCUT2D eigenvalue weighted by molar-refractivity contribution is -0.136. The first kappa shape index (κ1) is 16.8. The van der Waals surface area contributed by atoms with Crippen LogP contribution in [0.1, 0.15) is 58.3 Å². The van der Waals surface area contributed by atoms with Crippen LogP contribution in [0.3, 0.4) is 0 Å². The Morgan fingerprint density at radius 1 is 1.17 bits per heavy atom. The molecule has 0 spiro atoms. The Balaban J connectivity index is 1.76. The van der Waals surface area contributed by atoms with Crippen molar-refractivity contribution in [3.63, 3.8) is 0 Å². The summed E-state index contributed by atoms with van der Waals surface area (Å²) in [5.74, 6) is 2.15. The maximum Gasteiger partial charge on any atom is 0.155 e. The minimum absolute atomic E-state index is 0.153. The maximum absolute atomic E-state index is 12.5. The number of carbonyl (C=O) groups is 2. The maximum atomic E-state index is 12.5. The van der Waals surface area contributed by atoms with Crippen LogP contribution in [0, 0.1) is 28.6 Å². The Hall–Kier alpha value is -0.670. The fraction of sp³-hybridized carbons (Fsp3) is 0.800. The zero-order valence-electron chi connectivity index (χ0n) is 14.4. The molecule has 0 aliphatic heterocycles. The van der Waals surface area contributed by atoms with E-state index in [2.05, 4.69) is 6.92 Å². The highest BCUT2D eigenvalue weighted by Crippen LogP contribution is 2.65. The molecule has 1 unspecified atom stereocenters. The van der Waals surface area contributed by atoms with Gasteiger partial charge in [0.15, 0.2) is 5.78 Å². The van der Waals surface area contributed by atoms with Gasteiger partial charge in [-0.25, -0.2) is 0 Å². The minimum Gasteiger partial charge on any atom is -0.391 e. The third-order valence-corrected chi connectivity index (χ3v) is 8.31. The molecule has 4 heteroatoms. The number of aliphatic hydroxyl groups is 1. The Morgan fingerprint density at radius 3 is 2.71 bits per heavy atom. The van der Waals surface area contributed by atoms with Crippen LogP contribution in [-0.2, 0) is 9.59 Å². The van der Waals surface area contributed by atoms with Crippen LogP contribution in [0.2, 0.25) is 0 Å².